The van der Waals surface area contributed by atoms with Crippen LogP contribution >= 0.6 is 0 Å². The minimum absolute atomic E-state index is 0.0131. The van der Waals surface area contributed by atoms with Gasteiger partial charge in [-0.2, -0.15) is 5.10 Å². The molecule has 0 fully saturated rings. The van der Waals surface area contributed by atoms with Crippen molar-refractivity contribution in [2.75, 3.05) is 24.8 Å². The van der Waals surface area contributed by atoms with E-state index >= 15 is 4.39 Å². The van der Waals surface area contributed by atoms with Gasteiger partial charge in [0.25, 0.3) is 11.5 Å². The number of nitrogens with two attached hydrogens (primary N) is 2. The Morgan fingerprint density at radius 2 is 1.77 bits per heavy atom. The molecular formula is C29H30F2N8O5. The SMILES string of the molecule is COC[C@H](C)N=C(N)c1c(Oc2ccc(NC(=O)c3nn(C(C)C)c(=O)n(-c4ccc(F)cc4)c3=O)cc2F)ccnc1N. The molecule has 15 heteroatoms. The number of carbonyl (C=O) groups is 1. The van der Waals surface area contributed by atoms with Crippen LogP contribution in [0.2, 0.25) is 0 Å². The summed E-state index contributed by atoms with van der Waals surface area (Å²) in [5, 5.41) is 6.36. The lowest BCUT2D eigenvalue weighted by Crippen LogP contribution is -2.45. The second-order valence-electron chi connectivity index (χ2n) is 9.88. The lowest BCUT2D eigenvalue weighted by molar-refractivity contribution is 0.101. The summed E-state index contributed by atoms with van der Waals surface area (Å²) in [7, 11) is 1.52. The normalized spacial score (nSPS) is 12.3. The van der Waals surface area contributed by atoms with E-state index in [1.165, 1.54) is 43.6 Å². The molecule has 44 heavy (non-hydrogen) atoms. The first-order valence-corrected chi connectivity index (χ1v) is 13.3. The van der Waals surface area contributed by atoms with Crippen LogP contribution in [0, 0.1) is 11.6 Å². The quantitative estimate of drug-likeness (QED) is 0.180. The molecule has 0 bridgehead atoms. The molecule has 0 aliphatic heterocycles. The number of nitrogens with one attached hydrogen (secondary N) is 1. The molecule has 2 heterocycles. The van der Waals surface area contributed by atoms with E-state index in [1.54, 1.807) is 20.8 Å². The first-order chi connectivity index (χ1) is 20.9. The van der Waals surface area contributed by atoms with E-state index in [0.29, 0.717) is 11.2 Å². The monoisotopic (exact) mass is 608 g/mol. The average molecular weight is 609 g/mol. The molecule has 1 amide bonds. The molecule has 0 aliphatic carbocycles. The standard InChI is InChI=1S/C29H30F2N8O5/c1-15(2)39-29(42)38(19-8-5-17(30)6-9-19)28(41)24(37-39)27(40)36-18-7-10-21(20(31)13-18)44-22-11-12-34-25(32)23(22)26(33)35-16(3)14-43-4/h5-13,15-16H,14H2,1-4H3,(H2,32,34)(H2,33,35)(H,36,40)/t16-/m0/s1. The average Bonchev–Trinajstić information content (AvgIpc) is 2.95. The number of nitrogens with zero attached hydrogens (tertiary/aromatic N) is 5. The van der Waals surface area contributed by atoms with Gasteiger partial charge in [0.15, 0.2) is 11.6 Å². The van der Waals surface area contributed by atoms with E-state index in [4.69, 9.17) is 20.9 Å². The van der Waals surface area contributed by atoms with Crippen molar-refractivity contribution < 1.29 is 23.0 Å². The highest BCUT2D eigenvalue weighted by Crippen LogP contribution is 2.31. The number of halogens is 2. The molecule has 2 aromatic carbocycles. The van der Waals surface area contributed by atoms with E-state index < -0.39 is 40.5 Å². The number of pyridine rings is 1. The summed E-state index contributed by atoms with van der Waals surface area (Å²) in [6.07, 6.45) is 1.36. The summed E-state index contributed by atoms with van der Waals surface area (Å²) in [5.41, 5.74) is 9.80. The fourth-order valence-electron chi connectivity index (χ4n) is 4.14. The van der Waals surface area contributed by atoms with Gasteiger partial charge >= 0.3 is 5.69 Å². The number of benzene rings is 2. The van der Waals surface area contributed by atoms with Gasteiger partial charge < -0.3 is 26.3 Å². The van der Waals surface area contributed by atoms with E-state index in [9.17, 15) is 18.8 Å². The second kappa shape index (κ2) is 13.2. The zero-order valence-corrected chi connectivity index (χ0v) is 24.2. The molecule has 4 rings (SSSR count). The number of rotatable bonds is 10. The maximum Gasteiger partial charge on any atom is 0.352 e. The Balaban J connectivity index is 1.64. The number of ether oxygens (including phenoxy) is 2. The van der Waals surface area contributed by atoms with Crippen LogP contribution in [-0.4, -0.2) is 50.8 Å². The highest BCUT2D eigenvalue weighted by Gasteiger charge is 2.23. The van der Waals surface area contributed by atoms with Crippen molar-refractivity contribution in [2.45, 2.75) is 32.9 Å². The Morgan fingerprint density at radius 1 is 1.07 bits per heavy atom. The van der Waals surface area contributed by atoms with Crippen molar-refractivity contribution in [3.8, 4) is 17.2 Å². The summed E-state index contributed by atoms with van der Waals surface area (Å²) in [5.74, 6) is -2.59. The van der Waals surface area contributed by atoms with Crippen molar-refractivity contribution in [3.05, 3.63) is 98.5 Å². The molecule has 1 atom stereocenters. The van der Waals surface area contributed by atoms with Crippen LogP contribution in [0.3, 0.4) is 0 Å². The molecule has 0 unspecified atom stereocenters. The summed E-state index contributed by atoms with van der Waals surface area (Å²) >= 11 is 0. The van der Waals surface area contributed by atoms with E-state index in [0.717, 1.165) is 22.9 Å². The predicted octanol–water partition coefficient (Wildman–Crippen LogP) is 3.02. The van der Waals surface area contributed by atoms with Crippen LogP contribution in [0.25, 0.3) is 5.69 Å². The Bertz CT molecular complexity index is 1840. The Labute approximate surface area is 249 Å². The topological polar surface area (TPSA) is 182 Å². The zero-order chi connectivity index (χ0) is 32.1. The van der Waals surface area contributed by atoms with Crippen LogP contribution in [0.15, 0.2) is 69.3 Å². The first kappa shape index (κ1) is 31.5. The highest BCUT2D eigenvalue weighted by atomic mass is 19.1. The van der Waals surface area contributed by atoms with Crippen LogP contribution < -0.4 is 32.8 Å². The number of hydrogen-bond donors (Lipinski definition) is 3. The lowest BCUT2D eigenvalue weighted by atomic mass is 10.2. The number of methoxy groups -OCH3 is 1. The molecular weight excluding hydrogens is 578 g/mol. The number of aliphatic imine (C=N–C) groups is 1. The smallest absolute Gasteiger partial charge is 0.352 e. The zero-order valence-electron chi connectivity index (χ0n) is 24.2. The first-order valence-electron chi connectivity index (χ1n) is 13.3. The maximum absolute atomic E-state index is 15.2. The number of anilines is 2. The highest BCUT2D eigenvalue weighted by molar-refractivity contribution is 6.04. The summed E-state index contributed by atoms with van der Waals surface area (Å²) in [4.78, 5) is 47.7. The van der Waals surface area contributed by atoms with E-state index in [2.05, 4.69) is 20.4 Å². The van der Waals surface area contributed by atoms with Gasteiger partial charge in [0, 0.05) is 31.1 Å². The number of nitrogen functional groups attached to an aromatic ring is 1. The van der Waals surface area contributed by atoms with Crippen LogP contribution in [0.1, 0.15) is 42.9 Å². The fourth-order valence-corrected chi connectivity index (χ4v) is 4.14. The van der Waals surface area contributed by atoms with E-state index in [-0.39, 0.29) is 46.1 Å². The van der Waals surface area contributed by atoms with Crippen molar-refractivity contribution in [1.82, 2.24) is 19.3 Å². The maximum atomic E-state index is 15.2. The van der Waals surface area contributed by atoms with Crippen molar-refractivity contribution in [2.24, 2.45) is 10.7 Å². The molecule has 230 valence electrons. The van der Waals surface area contributed by atoms with E-state index in [1.807, 2.05) is 0 Å². The van der Waals surface area contributed by atoms with Gasteiger partial charge in [-0.15, -0.1) is 0 Å². The predicted molar refractivity (Wildman–Crippen MR) is 160 cm³/mol. The Morgan fingerprint density at radius 3 is 2.41 bits per heavy atom. The molecule has 0 radical (unpaired) electrons. The molecule has 0 saturated carbocycles. The van der Waals surface area contributed by atoms with Crippen molar-refractivity contribution in [3.63, 3.8) is 0 Å². The Hall–Kier alpha value is -5.44. The number of carbonyl (C=O) groups excluding carboxylic acids is 1. The van der Waals surface area contributed by atoms with Gasteiger partial charge in [-0.1, -0.05) is 0 Å². The lowest BCUT2D eigenvalue weighted by Gasteiger charge is -2.15. The third kappa shape index (κ3) is 6.78. The van der Waals surface area contributed by atoms with Gasteiger partial charge in [-0.25, -0.2) is 27.8 Å². The van der Waals surface area contributed by atoms with Gasteiger partial charge in [0.1, 0.15) is 28.8 Å². The molecule has 4 aromatic rings. The third-order valence-electron chi connectivity index (χ3n) is 6.16. The van der Waals surface area contributed by atoms with Gasteiger partial charge in [0.2, 0.25) is 5.69 Å². The second-order valence-corrected chi connectivity index (χ2v) is 9.88. The minimum atomic E-state index is -1.04. The molecule has 5 N–H and O–H groups in total. The van der Waals surface area contributed by atoms with Crippen LogP contribution in [-0.2, 0) is 4.74 Å². The Kier molecular flexibility index (Phi) is 9.48. The van der Waals surface area contributed by atoms with Crippen molar-refractivity contribution in [1.29, 1.82) is 0 Å². The number of aromatic nitrogens is 4. The molecule has 0 aliphatic rings. The van der Waals surface area contributed by atoms with Gasteiger partial charge in [0.05, 0.1) is 24.4 Å². The largest absolute Gasteiger partial charge is 0.453 e. The molecule has 0 spiro atoms. The number of hydrogen-bond acceptors (Lipinski definition) is 9. The summed E-state index contributed by atoms with van der Waals surface area (Å²) in [6.45, 7) is 5.34. The van der Waals surface area contributed by atoms with Crippen molar-refractivity contribution >= 4 is 23.2 Å². The molecule has 2 aromatic heterocycles. The molecule has 13 nitrogen and oxygen atoms in total. The fraction of sp³-hybridized carbons (Fsp3) is 0.241. The summed E-state index contributed by atoms with van der Waals surface area (Å²) < 4.78 is 41.1. The third-order valence-corrected chi connectivity index (χ3v) is 6.16. The minimum Gasteiger partial charge on any atom is -0.453 e. The number of amides is 1. The van der Waals surface area contributed by atoms with Crippen LogP contribution in [0.5, 0.6) is 11.5 Å². The summed E-state index contributed by atoms with van der Waals surface area (Å²) in [6, 6.07) is 8.71. The number of amidine groups is 1. The van der Waals surface area contributed by atoms with Gasteiger partial charge in [-0.3, -0.25) is 14.6 Å². The van der Waals surface area contributed by atoms with Crippen LogP contribution in [0.4, 0.5) is 20.3 Å². The van der Waals surface area contributed by atoms with Gasteiger partial charge in [-0.05, 0) is 57.2 Å². The molecule has 0 saturated heterocycles.